The molecule has 1 aliphatic heterocycles. The Hall–Kier alpha value is -1.05. The second kappa shape index (κ2) is 7.29. The predicted molar refractivity (Wildman–Crippen MR) is 80.2 cm³/mol. The molecule has 1 aromatic heterocycles. The second-order valence-corrected chi connectivity index (χ2v) is 6.38. The summed E-state index contributed by atoms with van der Waals surface area (Å²) in [6, 6.07) is 0. The Balaban J connectivity index is 1.79. The molecule has 21 heavy (non-hydrogen) atoms. The summed E-state index contributed by atoms with van der Waals surface area (Å²) < 4.78 is 10.4. The predicted octanol–water partition coefficient (Wildman–Crippen LogP) is 1.18. The first kappa shape index (κ1) is 16.3. The van der Waals surface area contributed by atoms with Crippen molar-refractivity contribution in [3.05, 3.63) is 17.0 Å². The van der Waals surface area contributed by atoms with Crippen LogP contribution < -0.4 is 5.32 Å². The van der Waals surface area contributed by atoms with E-state index in [2.05, 4.69) is 10.5 Å². The van der Waals surface area contributed by atoms with Gasteiger partial charge in [0.05, 0.1) is 23.6 Å². The van der Waals surface area contributed by atoms with Crippen molar-refractivity contribution in [2.24, 2.45) is 0 Å². The number of nitrogens with zero attached hydrogens (tertiary/aromatic N) is 1. The number of hydrogen-bond acceptors (Lipinski definition) is 6. The van der Waals surface area contributed by atoms with E-state index in [1.165, 1.54) is 11.8 Å². The molecule has 0 atom stereocenters. The number of hydrogen-bond donors (Lipinski definition) is 2. The van der Waals surface area contributed by atoms with E-state index in [1.807, 2.05) is 13.8 Å². The van der Waals surface area contributed by atoms with E-state index in [-0.39, 0.29) is 12.5 Å². The van der Waals surface area contributed by atoms with Gasteiger partial charge in [-0.1, -0.05) is 5.16 Å². The van der Waals surface area contributed by atoms with E-state index >= 15 is 0 Å². The van der Waals surface area contributed by atoms with Gasteiger partial charge < -0.3 is 19.7 Å². The molecular weight excluding hydrogens is 292 g/mol. The maximum absolute atomic E-state index is 12.1. The SMILES string of the molecule is Cc1noc(C)c1CSCC(=O)NC1(CO)CCOCC1. The Kier molecular flexibility index (Phi) is 5.66. The van der Waals surface area contributed by atoms with Crippen molar-refractivity contribution in [2.45, 2.75) is 38.0 Å². The lowest BCUT2D eigenvalue weighted by Gasteiger charge is -2.36. The summed E-state index contributed by atoms with van der Waals surface area (Å²) in [7, 11) is 0. The third-order valence-corrected chi connectivity index (χ3v) is 4.78. The first-order chi connectivity index (χ1) is 10.1. The fraction of sp³-hybridized carbons (Fsp3) is 0.714. The summed E-state index contributed by atoms with van der Waals surface area (Å²) in [5, 5.41) is 16.4. The van der Waals surface area contributed by atoms with Crippen molar-refractivity contribution in [2.75, 3.05) is 25.6 Å². The molecule has 0 aliphatic carbocycles. The van der Waals surface area contributed by atoms with Gasteiger partial charge in [0, 0.05) is 24.5 Å². The van der Waals surface area contributed by atoms with Crippen molar-refractivity contribution in [1.82, 2.24) is 10.5 Å². The van der Waals surface area contributed by atoms with Gasteiger partial charge in [-0.15, -0.1) is 11.8 Å². The Bertz CT molecular complexity index is 464. The number of aryl methyl sites for hydroxylation is 2. The average molecular weight is 314 g/mol. The molecule has 6 nitrogen and oxygen atoms in total. The van der Waals surface area contributed by atoms with Crippen LogP contribution in [0.4, 0.5) is 0 Å². The number of carbonyl (C=O) groups is 1. The van der Waals surface area contributed by atoms with Gasteiger partial charge in [0.25, 0.3) is 0 Å². The van der Waals surface area contributed by atoms with Crippen molar-refractivity contribution in [3.8, 4) is 0 Å². The van der Waals surface area contributed by atoms with E-state index in [0.29, 0.717) is 37.6 Å². The lowest BCUT2D eigenvalue weighted by molar-refractivity contribution is -0.122. The third kappa shape index (κ3) is 4.21. The molecule has 1 aliphatic rings. The molecule has 0 radical (unpaired) electrons. The molecule has 1 saturated heterocycles. The van der Waals surface area contributed by atoms with Crippen LogP contribution in [-0.2, 0) is 15.3 Å². The molecule has 1 fully saturated rings. The van der Waals surface area contributed by atoms with Crippen molar-refractivity contribution in [1.29, 1.82) is 0 Å². The number of rotatable bonds is 6. The summed E-state index contributed by atoms with van der Waals surface area (Å²) in [4.78, 5) is 12.1. The fourth-order valence-electron chi connectivity index (χ4n) is 2.37. The van der Waals surface area contributed by atoms with Gasteiger partial charge >= 0.3 is 0 Å². The Morgan fingerprint density at radius 3 is 2.71 bits per heavy atom. The van der Waals surface area contributed by atoms with Gasteiger partial charge in [0.2, 0.25) is 5.91 Å². The molecule has 118 valence electrons. The Labute approximate surface area is 128 Å². The van der Waals surface area contributed by atoms with Gasteiger partial charge in [-0.25, -0.2) is 0 Å². The molecular formula is C14H22N2O4S. The highest BCUT2D eigenvalue weighted by Gasteiger charge is 2.33. The highest BCUT2D eigenvalue weighted by atomic mass is 32.2. The molecule has 1 aromatic rings. The Morgan fingerprint density at radius 2 is 2.14 bits per heavy atom. The number of amides is 1. The van der Waals surface area contributed by atoms with E-state index in [4.69, 9.17) is 9.26 Å². The lowest BCUT2D eigenvalue weighted by Crippen LogP contribution is -2.55. The summed E-state index contributed by atoms with van der Waals surface area (Å²) in [5.41, 5.74) is 1.41. The quantitative estimate of drug-likeness (QED) is 0.820. The first-order valence-corrected chi connectivity index (χ1v) is 8.21. The van der Waals surface area contributed by atoms with Crippen molar-refractivity contribution in [3.63, 3.8) is 0 Å². The molecule has 7 heteroatoms. The van der Waals surface area contributed by atoms with Crippen LogP contribution in [0.25, 0.3) is 0 Å². The number of nitrogens with one attached hydrogen (secondary N) is 1. The standard InChI is InChI=1S/C14H22N2O4S/c1-10-12(11(2)20-16-10)7-21-8-13(18)15-14(9-17)3-5-19-6-4-14/h17H,3-9H2,1-2H3,(H,15,18). The average Bonchev–Trinajstić information content (AvgIpc) is 2.80. The van der Waals surface area contributed by atoms with Crippen LogP contribution in [-0.4, -0.2) is 47.3 Å². The van der Waals surface area contributed by atoms with Crippen LogP contribution in [0.3, 0.4) is 0 Å². The molecule has 0 spiro atoms. The zero-order valence-electron chi connectivity index (χ0n) is 12.5. The molecule has 0 bridgehead atoms. The number of aliphatic hydroxyl groups is 1. The monoisotopic (exact) mass is 314 g/mol. The van der Waals surface area contributed by atoms with Gasteiger partial charge in [-0.05, 0) is 26.7 Å². The van der Waals surface area contributed by atoms with E-state index in [0.717, 1.165) is 17.0 Å². The maximum Gasteiger partial charge on any atom is 0.230 e. The van der Waals surface area contributed by atoms with Crippen LogP contribution in [0.1, 0.15) is 29.9 Å². The number of aromatic nitrogens is 1. The molecule has 2 rings (SSSR count). The molecule has 0 unspecified atom stereocenters. The van der Waals surface area contributed by atoms with Gasteiger partial charge in [0.1, 0.15) is 5.76 Å². The summed E-state index contributed by atoms with van der Waals surface area (Å²) >= 11 is 1.52. The van der Waals surface area contributed by atoms with Gasteiger partial charge in [-0.3, -0.25) is 4.79 Å². The van der Waals surface area contributed by atoms with Crippen molar-refractivity contribution >= 4 is 17.7 Å². The highest BCUT2D eigenvalue weighted by Crippen LogP contribution is 2.22. The smallest absolute Gasteiger partial charge is 0.230 e. The van der Waals surface area contributed by atoms with Crippen LogP contribution in [0.5, 0.6) is 0 Å². The second-order valence-electron chi connectivity index (χ2n) is 5.39. The highest BCUT2D eigenvalue weighted by molar-refractivity contribution is 7.99. The third-order valence-electron chi connectivity index (χ3n) is 3.82. The zero-order valence-corrected chi connectivity index (χ0v) is 13.3. The number of aliphatic hydroxyl groups excluding tert-OH is 1. The summed E-state index contributed by atoms with van der Waals surface area (Å²) in [6.07, 6.45) is 1.31. The van der Waals surface area contributed by atoms with Crippen molar-refractivity contribution < 1.29 is 19.2 Å². The first-order valence-electron chi connectivity index (χ1n) is 7.05. The minimum Gasteiger partial charge on any atom is -0.394 e. The maximum atomic E-state index is 12.1. The molecule has 2 heterocycles. The van der Waals surface area contributed by atoms with Crippen LogP contribution in [0.15, 0.2) is 4.52 Å². The van der Waals surface area contributed by atoms with E-state index in [9.17, 15) is 9.90 Å². The van der Waals surface area contributed by atoms with Gasteiger partial charge in [0.15, 0.2) is 0 Å². The Morgan fingerprint density at radius 1 is 1.43 bits per heavy atom. The largest absolute Gasteiger partial charge is 0.394 e. The number of thioether (sulfide) groups is 1. The topological polar surface area (TPSA) is 84.6 Å². The zero-order chi connectivity index (χ0) is 15.3. The lowest BCUT2D eigenvalue weighted by atomic mass is 9.91. The fourth-order valence-corrected chi connectivity index (χ4v) is 3.35. The molecule has 2 N–H and O–H groups in total. The van der Waals surface area contributed by atoms with E-state index in [1.54, 1.807) is 0 Å². The van der Waals surface area contributed by atoms with Gasteiger partial charge in [-0.2, -0.15) is 0 Å². The molecule has 1 amide bonds. The minimum atomic E-state index is -0.515. The van der Waals surface area contributed by atoms with E-state index < -0.39 is 5.54 Å². The normalized spacial score (nSPS) is 17.7. The number of ether oxygens (including phenoxy) is 1. The molecule has 0 aromatic carbocycles. The summed E-state index contributed by atoms with van der Waals surface area (Å²) in [5.74, 6) is 1.80. The van der Waals surface area contributed by atoms with Crippen LogP contribution in [0, 0.1) is 13.8 Å². The molecule has 0 saturated carbocycles. The van der Waals surface area contributed by atoms with Crippen LogP contribution >= 0.6 is 11.8 Å². The summed E-state index contributed by atoms with van der Waals surface area (Å²) in [6.45, 7) is 4.88. The number of carbonyl (C=O) groups excluding carboxylic acids is 1. The van der Waals surface area contributed by atoms with Crippen LogP contribution in [0.2, 0.25) is 0 Å². The minimum absolute atomic E-state index is 0.0450.